The second-order valence-electron chi connectivity index (χ2n) is 7.99. The predicted molar refractivity (Wildman–Crippen MR) is 107 cm³/mol. The number of fused-ring (bicyclic) bond motifs is 2. The SMILES string of the molecule is Cn1c(C(=O)NCCC(=O)N2CCCC3CCCCC32)cc2ccccc21. The zero-order valence-corrected chi connectivity index (χ0v) is 16.1. The molecule has 1 aliphatic heterocycles. The highest BCUT2D eigenvalue weighted by Crippen LogP contribution is 2.35. The molecule has 4 rings (SSSR count). The third-order valence-corrected chi connectivity index (χ3v) is 6.37. The Morgan fingerprint density at radius 1 is 1.11 bits per heavy atom. The highest BCUT2D eigenvalue weighted by Gasteiger charge is 2.35. The molecule has 1 aliphatic carbocycles. The van der Waals surface area contributed by atoms with Gasteiger partial charge in [0.2, 0.25) is 5.91 Å². The van der Waals surface area contributed by atoms with Gasteiger partial charge in [0.05, 0.1) is 0 Å². The van der Waals surface area contributed by atoms with Crippen LogP contribution in [0.1, 0.15) is 55.4 Å². The number of amides is 2. The van der Waals surface area contributed by atoms with Crippen molar-refractivity contribution in [3.05, 3.63) is 36.0 Å². The average molecular weight is 367 g/mol. The number of hydrogen-bond acceptors (Lipinski definition) is 2. The smallest absolute Gasteiger partial charge is 0.267 e. The van der Waals surface area contributed by atoms with Crippen LogP contribution in [-0.2, 0) is 11.8 Å². The Kier molecular flexibility index (Phi) is 5.19. The van der Waals surface area contributed by atoms with Crippen molar-refractivity contribution < 1.29 is 9.59 Å². The molecule has 144 valence electrons. The number of nitrogens with zero attached hydrogens (tertiary/aromatic N) is 2. The van der Waals surface area contributed by atoms with Gasteiger partial charge in [-0.3, -0.25) is 9.59 Å². The first kappa shape index (κ1) is 18.1. The van der Waals surface area contributed by atoms with Crippen molar-refractivity contribution >= 4 is 22.7 Å². The number of piperidine rings is 1. The lowest BCUT2D eigenvalue weighted by Crippen LogP contribution is -2.50. The van der Waals surface area contributed by atoms with E-state index in [0.29, 0.717) is 30.6 Å². The predicted octanol–water partition coefficient (Wildman–Crippen LogP) is 3.48. The molecule has 2 heterocycles. The normalized spacial score (nSPS) is 22.5. The van der Waals surface area contributed by atoms with Gasteiger partial charge in [0, 0.05) is 43.5 Å². The Balaban J connectivity index is 1.34. The Morgan fingerprint density at radius 2 is 1.89 bits per heavy atom. The number of aromatic nitrogens is 1. The molecule has 2 aromatic rings. The van der Waals surface area contributed by atoms with Crippen molar-refractivity contribution in [2.24, 2.45) is 13.0 Å². The van der Waals surface area contributed by atoms with E-state index in [1.807, 2.05) is 41.9 Å². The van der Waals surface area contributed by atoms with E-state index in [1.165, 1.54) is 25.7 Å². The lowest BCUT2D eigenvalue weighted by atomic mass is 9.78. The lowest BCUT2D eigenvalue weighted by molar-refractivity contribution is -0.137. The first-order valence-electron chi connectivity index (χ1n) is 10.3. The second kappa shape index (κ2) is 7.75. The van der Waals surface area contributed by atoms with Gasteiger partial charge in [-0.05, 0) is 43.7 Å². The fraction of sp³-hybridized carbons (Fsp3) is 0.545. The molecule has 1 N–H and O–H groups in total. The Bertz CT molecular complexity index is 839. The summed E-state index contributed by atoms with van der Waals surface area (Å²) in [5.41, 5.74) is 1.67. The molecule has 0 spiro atoms. The van der Waals surface area contributed by atoms with Crippen molar-refractivity contribution in [3.8, 4) is 0 Å². The molecule has 2 fully saturated rings. The Morgan fingerprint density at radius 3 is 2.74 bits per heavy atom. The fourth-order valence-corrected chi connectivity index (χ4v) is 4.96. The molecular weight excluding hydrogens is 338 g/mol. The summed E-state index contributed by atoms with van der Waals surface area (Å²) >= 11 is 0. The molecule has 0 bridgehead atoms. The van der Waals surface area contributed by atoms with Crippen LogP contribution in [0.4, 0.5) is 0 Å². The highest BCUT2D eigenvalue weighted by atomic mass is 16.2. The zero-order chi connectivity index (χ0) is 18.8. The van der Waals surface area contributed by atoms with Crippen LogP contribution in [0.5, 0.6) is 0 Å². The summed E-state index contributed by atoms with van der Waals surface area (Å²) in [6.45, 7) is 1.28. The van der Waals surface area contributed by atoms with Crippen molar-refractivity contribution in [3.63, 3.8) is 0 Å². The summed E-state index contributed by atoms with van der Waals surface area (Å²) in [7, 11) is 1.90. The molecule has 27 heavy (non-hydrogen) atoms. The van der Waals surface area contributed by atoms with Gasteiger partial charge in [-0.2, -0.15) is 0 Å². The van der Waals surface area contributed by atoms with Crippen molar-refractivity contribution in [2.75, 3.05) is 13.1 Å². The van der Waals surface area contributed by atoms with Gasteiger partial charge in [0.15, 0.2) is 0 Å². The molecule has 1 saturated heterocycles. The Hall–Kier alpha value is -2.30. The van der Waals surface area contributed by atoms with Gasteiger partial charge in [-0.15, -0.1) is 0 Å². The quantitative estimate of drug-likeness (QED) is 0.899. The van der Waals surface area contributed by atoms with Gasteiger partial charge in [0.1, 0.15) is 5.69 Å². The van der Waals surface area contributed by atoms with Crippen LogP contribution in [-0.4, -0.2) is 40.4 Å². The average Bonchev–Trinajstić information content (AvgIpc) is 3.04. The standard InChI is InChI=1S/C22H29N3O2/c1-24-18-10-4-3-8-17(18)15-20(24)22(27)23-13-12-21(26)25-14-6-9-16-7-2-5-11-19(16)25/h3-4,8,10,15-16,19H,2,5-7,9,11-14H2,1H3,(H,23,27). The molecule has 0 radical (unpaired) electrons. The molecule has 2 atom stereocenters. The molecule has 1 saturated carbocycles. The minimum absolute atomic E-state index is 0.115. The van der Waals surface area contributed by atoms with Crippen LogP contribution >= 0.6 is 0 Å². The van der Waals surface area contributed by atoms with E-state index < -0.39 is 0 Å². The van der Waals surface area contributed by atoms with Gasteiger partial charge in [0.25, 0.3) is 5.91 Å². The van der Waals surface area contributed by atoms with Crippen LogP contribution in [0.15, 0.2) is 30.3 Å². The van der Waals surface area contributed by atoms with Crippen molar-refractivity contribution in [1.82, 2.24) is 14.8 Å². The first-order chi connectivity index (χ1) is 13.1. The number of likely N-dealkylation sites (tertiary alicyclic amines) is 1. The van der Waals surface area contributed by atoms with E-state index in [4.69, 9.17) is 0 Å². The van der Waals surface area contributed by atoms with Crippen LogP contribution < -0.4 is 5.32 Å². The maximum Gasteiger partial charge on any atom is 0.267 e. The number of hydrogen-bond donors (Lipinski definition) is 1. The summed E-state index contributed by atoms with van der Waals surface area (Å²) in [6.07, 6.45) is 7.75. The van der Waals surface area contributed by atoms with Crippen LogP contribution in [0, 0.1) is 5.92 Å². The number of carbonyl (C=O) groups excluding carboxylic acids is 2. The van der Waals surface area contributed by atoms with E-state index >= 15 is 0 Å². The van der Waals surface area contributed by atoms with Gasteiger partial charge in [-0.25, -0.2) is 0 Å². The molecule has 2 amide bonds. The molecule has 1 aromatic heterocycles. The molecule has 2 aliphatic rings. The fourth-order valence-electron chi connectivity index (χ4n) is 4.96. The number of carbonyl (C=O) groups is 2. The molecule has 5 nitrogen and oxygen atoms in total. The summed E-state index contributed by atoms with van der Waals surface area (Å²) in [6, 6.07) is 10.3. The molecular formula is C22H29N3O2. The monoisotopic (exact) mass is 367 g/mol. The number of benzene rings is 1. The summed E-state index contributed by atoms with van der Waals surface area (Å²) in [5.74, 6) is 0.779. The largest absolute Gasteiger partial charge is 0.350 e. The first-order valence-corrected chi connectivity index (χ1v) is 10.3. The third kappa shape index (κ3) is 3.60. The number of aryl methyl sites for hydroxylation is 1. The second-order valence-corrected chi connectivity index (χ2v) is 7.99. The van der Waals surface area contributed by atoms with Gasteiger partial charge < -0.3 is 14.8 Å². The third-order valence-electron chi connectivity index (χ3n) is 6.37. The summed E-state index contributed by atoms with van der Waals surface area (Å²) in [5, 5.41) is 3.99. The van der Waals surface area contributed by atoms with E-state index in [-0.39, 0.29) is 11.8 Å². The minimum atomic E-state index is -0.115. The van der Waals surface area contributed by atoms with Crippen LogP contribution in [0.25, 0.3) is 10.9 Å². The maximum atomic E-state index is 12.7. The van der Waals surface area contributed by atoms with Crippen LogP contribution in [0.2, 0.25) is 0 Å². The van der Waals surface area contributed by atoms with E-state index in [0.717, 1.165) is 30.3 Å². The zero-order valence-electron chi connectivity index (χ0n) is 16.1. The topological polar surface area (TPSA) is 54.3 Å². The molecule has 1 aromatic carbocycles. The van der Waals surface area contributed by atoms with E-state index in [2.05, 4.69) is 10.2 Å². The van der Waals surface area contributed by atoms with E-state index in [1.54, 1.807) is 0 Å². The van der Waals surface area contributed by atoms with E-state index in [9.17, 15) is 9.59 Å². The Labute approximate surface area is 160 Å². The minimum Gasteiger partial charge on any atom is -0.350 e. The van der Waals surface area contributed by atoms with Crippen molar-refractivity contribution in [1.29, 1.82) is 0 Å². The number of nitrogens with one attached hydrogen (secondary N) is 1. The maximum absolute atomic E-state index is 12.7. The summed E-state index contributed by atoms with van der Waals surface area (Å²) in [4.78, 5) is 27.4. The molecule has 2 unspecified atom stereocenters. The summed E-state index contributed by atoms with van der Waals surface area (Å²) < 4.78 is 1.91. The lowest BCUT2D eigenvalue weighted by Gasteiger charge is -2.44. The number of para-hydroxylation sites is 1. The number of rotatable bonds is 4. The van der Waals surface area contributed by atoms with Crippen molar-refractivity contribution in [2.45, 2.75) is 51.0 Å². The van der Waals surface area contributed by atoms with Gasteiger partial charge in [-0.1, -0.05) is 31.0 Å². The van der Waals surface area contributed by atoms with Gasteiger partial charge >= 0.3 is 0 Å². The molecule has 5 heteroatoms. The van der Waals surface area contributed by atoms with Crippen LogP contribution in [0.3, 0.4) is 0 Å². The highest BCUT2D eigenvalue weighted by molar-refractivity contribution is 5.98.